The van der Waals surface area contributed by atoms with E-state index in [1.165, 1.54) is 0 Å². The fourth-order valence-electron chi connectivity index (χ4n) is 1.49. The summed E-state index contributed by atoms with van der Waals surface area (Å²) >= 11 is 0. The number of hydrogen-bond acceptors (Lipinski definition) is 3. The van der Waals surface area contributed by atoms with Crippen LogP contribution in [0.5, 0.6) is 0 Å². The number of hydrogen-bond donors (Lipinski definition) is 1. The SMILES string of the molecule is CC(C)CNC(=O)CCN1CCOCC1. The van der Waals surface area contributed by atoms with E-state index in [2.05, 4.69) is 24.1 Å². The second-order valence-corrected chi connectivity index (χ2v) is 4.40. The molecule has 1 heterocycles. The quantitative estimate of drug-likeness (QED) is 0.724. The van der Waals surface area contributed by atoms with E-state index >= 15 is 0 Å². The molecule has 0 bridgehead atoms. The maximum atomic E-state index is 11.4. The van der Waals surface area contributed by atoms with E-state index in [1.807, 2.05) is 0 Å². The van der Waals surface area contributed by atoms with Crippen molar-refractivity contribution in [3.05, 3.63) is 0 Å². The summed E-state index contributed by atoms with van der Waals surface area (Å²) in [5.41, 5.74) is 0. The van der Waals surface area contributed by atoms with Crippen molar-refractivity contribution in [3.63, 3.8) is 0 Å². The Morgan fingerprint density at radius 3 is 2.67 bits per heavy atom. The maximum Gasteiger partial charge on any atom is 0.221 e. The lowest BCUT2D eigenvalue weighted by Crippen LogP contribution is -2.39. The fraction of sp³-hybridized carbons (Fsp3) is 0.909. The van der Waals surface area contributed by atoms with E-state index in [9.17, 15) is 4.79 Å². The van der Waals surface area contributed by atoms with Gasteiger partial charge in [-0.2, -0.15) is 0 Å². The van der Waals surface area contributed by atoms with Gasteiger partial charge in [-0.25, -0.2) is 0 Å². The highest BCUT2D eigenvalue weighted by Crippen LogP contribution is 1.98. The monoisotopic (exact) mass is 214 g/mol. The first-order chi connectivity index (χ1) is 7.18. The first kappa shape index (κ1) is 12.5. The Hall–Kier alpha value is -0.610. The topological polar surface area (TPSA) is 41.6 Å². The van der Waals surface area contributed by atoms with Gasteiger partial charge >= 0.3 is 0 Å². The second-order valence-electron chi connectivity index (χ2n) is 4.40. The van der Waals surface area contributed by atoms with Gasteiger partial charge < -0.3 is 10.1 Å². The Labute approximate surface area is 92.0 Å². The van der Waals surface area contributed by atoms with Crippen LogP contribution in [0.2, 0.25) is 0 Å². The van der Waals surface area contributed by atoms with Crippen LogP contribution >= 0.6 is 0 Å². The summed E-state index contributed by atoms with van der Waals surface area (Å²) in [5.74, 6) is 0.688. The van der Waals surface area contributed by atoms with Gasteiger partial charge in [0.25, 0.3) is 0 Å². The number of morpholine rings is 1. The molecule has 1 rings (SSSR count). The summed E-state index contributed by atoms with van der Waals surface area (Å²) in [6, 6.07) is 0. The first-order valence-electron chi connectivity index (χ1n) is 5.75. The van der Waals surface area contributed by atoms with Crippen LogP contribution in [0, 0.1) is 5.92 Å². The summed E-state index contributed by atoms with van der Waals surface area (Å²) < 4.78 is 5.24. The molecule has 1 fully saturated rings. The van der Waals surface area contributed by atoms with Gasteiger partial charge in [-0.1, -0.05) is 13.8 Å². The minimum Gasteiger partial charge on any atom is -0.379 e. The molecule has 0 aromatic heterocycles. The van der Waals surface area contributed by atoms with Crippen LogP contribution in [-0.4, -0.2) is 50.2 Å². The molecule has 0 unspecified atom stereocenters. The lowest BCUT2D eigenvalue weighted by atomic mass is 10.2. The molecular formula is C11H22N2O2. The van der Waals surface area contributed by atoms with Crippen LogP contribution in [0.25, 0.3) is 0 Å². The van der Waals surface area contributed by atoms with Crippen LogP contribution in [-0.2, 0) is 9.53 Å². The molecule has 4 heteroatoms. The number of nitrogens with zero attached hydrogens (tertiary/aromatic N) is 1. The lowest BCUT2D eigenvalue weighted by molar-refractivity contribution is -0.121. The predicted octanol–water partition coefficient (Wildman–Crippen LogP) is 0.481. The van der Waals surface area contributed by atoms with Crippen LogP contribution in [0.3, 0.4) is 0 Å². The Kier molecular flexibility index (Phi) is 5.65. The molecule has 1 aliphatic rings. The van der Waals surface area contributed by atoms with Crippen molar-refractivity contribution in [2.45, 2.75) is 20.3 Å². The zero-order valence-electron chi connectivity index (χ0n) is 9.79. The average Bonchev–Trinajstić information content (AvgIpc) is 2.25. The molecule has 0 aromatic rings. The van der Waals surface area contributed by atoms with Gasteiger partial charge in [0, 0.05) is 32.6 Å². The summed E-state index contributed by atoms with van der Waals surface area (Å²) in [7, 11) is 0. The zero-order chi connectivity index (χ0) is 11.1. The van der Waals surface area contributed by atoms with Gasteiger partial charge in [0.2, 0.25) is 5.91 Å². The third-order valence-electron chi connectivity index (χ3n) is 2.47. The van der Waals surface area contributed by atoms with Crippen molar-refractivity contribution in [3.8, 4) is 0 Å². The Morgan fingerprint density at radius 2 is 2.07 bits per heavy atom. The summed E-state index contributed by atoms with van der Waals surface area (Å²) in [5, 5.41) is 2.92. The van der Waals surface area contributed by atoms with Gasteiger partial charge in [0.05, 0.1) is 13.2 Å². The van der Waals surface area contributed by atoms with E-state index in [-0.39, 0.29) is 5.91 Å². The van der Waals surface area contributed by atoms with Crippen molar-refractivity contribution < 1.29 is 9.53 Å². The predicted molar refractivity (Wildman–Crippen MR) is 59.7 cm³/mol. The minimum absolute atomic E-state index is 0.162. The van der Waals surface area contributed by atoms with Gasteiger partial charge in [0.15, 0.2) is 0 Å². The molecule has 0 saturated carbocycles. The van der Waals surface area contributed by atoms with E-state index < -0.39 is 0 Å². The molecule has 4 nitrogen and oxygen atoms in total. The minimum atomic E-state index is 0.162. The molecule has 1 amide bonds. The summed E-state index contributed by atoms with van der Waals surface area (Å²) in [6.07, 6.45) is 0.604. The molecule has 0 radical (unpaired) electrons. The smallest absolute Gasteiger partial charge is 0.221 e. The molecule has 88 valence electrons. The van der Waals surface area contributed by atoms with Crippen LogP contribution < -0.4 is 5.32 Å². The molecule has 0 aromatic carbocycles. The van der Waals surface area contributed by atoms with Crippen molar-refractivity contribution in [1.82, 2.24) is 10.2 Å². The Balaban J connectivity index is 2.05. The molecule has 1 N–H and O–H groups in total. The molecule has 0 aliphatic carbocycles. The first-order valence-corrected chi connectivity index (χ1v) is 5.75. The number of ether oxygens (including phenoxy) is 1. The van der Waals surface area contributed by atoms with Crippen molar-refractivity contribution in [2.24, 2.45) is 5.92 Å². The van der Waals surface area contributed by atoms with Gasteiger partial charge in [0.1, 0.15) is 0 Å². The molecule has 0 spiro atoms. The van der Waals surface area contributed by atoms with Crippen LogP contribution in [0.4, 0.5) is 0 Å². The van der Waals surface area contributed by atoms with Crippen molar-refractivity contribution in [2.75, 3.05) is 39.4 Å². The van der Waals surface area contributed by atoms with Crippen LogP contribution in [0.15, 0.2) is 0 Å². The van der Waals surface area contributed by atoms with Gasteiger partial charge in [-0.15, -0.1) is 0 Å². The van der Waals surface area contributed by atoms with Gasteiger partial charge in [-0.05, 0) is 5.92 Å². The van der Waals surface area contributed by atoms with E-state index in [0.717, 1.165) is 39.4 Å². The van der Waals surface area contributed by atoms with Gasteiger partial charge in [-0.3, -0.25) is 9.69 Å². The Bertz CT molecular complexity index is 189. The molecule has 1 aliphatic heterocycles. The third kappa shape index (κ3) is 5.74. The zero-order valence-corrected chi connectivity index (χ0v) is 9.79. The second kappa shape index (κ2) is 6.80. The number of amides is 1. The molecular weight excluding hydrogens is 192 g/mol. The largest absolute Gasteiger partial charge is 0.379 e. The van der Waals surface area contributed by atoms with E-state index in [0.29, 0.717) is 12.3 Å². The van der Waals surface area contributed by atoms with Crippen molar-refractivity contribution in [1.29, 1.82) is 0 Å². The lowest BCUT2D eigenvalue weighted by Gasteiger charge is -2.26. The third-order valence-corrected chi connectivity index (χ3v) is 2.47. The molecule has 0 atom stereocenters. The summed E-state index contributed by atoms with van der Waals surface area (Å²) in [6.45, 7) is 9.34. The standard InChI is InChI=1S/C11H22N2O2/c1-10(2)9-12-11(14)3-4-13-5-7-15-8-6-13/h10H,3-9H2,1-2H3,(H,12,14). The van der Waals surface area contributed by atoms with Crippen LogP contribution in [0.1, 0.15) is 20.3 Å². The normalized spacial score (nSPS) is 18.1. The highest BCUT2D eigenvalue weighted by molar-refractivity contribution is 5.76. The highest BCUT2D eigenvalue weighted by Gasteiger charge is 2.11. The number of carbonyl (C=O) groups is 1. The summed E-state index contributed by atoms with van der Waals surface area (Å²) in [4.78, 5) is 13.7. The number of rotatable bonds is 5. The fourth-order valence-corrected chi connectivity index (χ4v) is 1.49. The highest BCUT2D eigenvalue weighted by atomic mass is 16.5. The average molecular weight is 214 g/mol. The maximum absolute atomic E-state index is 11.4. The Morgan fingerprint density at radius 1 is 1.40 bits per heavy atom. The van der Waals surface area contributed by atoms with Crippen molar-refractivity contribution >= 4 is 5.91 Å². The molecule has 1 saturated heterocycles. The number of nitrogens with one attached hydrogen (secondary N) is 1. The number of carbonyl (C=O) groups excluding carboxylic acids is 1. The van der Waals surface area contributed by atoms with E-state index in [4.69, 9.17) is 4.74 Å². The molecule has 15 heavy (non-hydrogen) atoms. The van der Waals surface area contributed by atoms with E-state index in [1.54, 1.807) is 0 Å².